The van der Waals surface area contributed by atoms with Crippen molar-refractivity contribution >= 4 is 0 Å². The first-order valence-corrected chi connectivity index (χ1v) is 7.79. The largest absolute Gasteiger partial charge is 0.310 e. The van der Waals surface area contributed by atoms with E-state index in [9.17, 15) is 0 Å². The first-order chi connectivity index (χ1) is 9.88. The molecule has 0 bridgehead atoms. The molecule has 112 valence electrons. The van der Waals surface area contributed by atoms with Crippen molar-refractivity contribution in [2.24, 2.45) is 0 Å². The molecule has 0 heterocycles. The maximum Gasteiger partial charge on any atom is 0.0207 e. The Morgan fingerprint density at radius 3 is 2.00 bits per heavy atom. The van der Waals surface area contributed by atoms with E-state index in [-0.39, 0.29) is 0 Å². The van der Waals surface area contributed by atoms with Gasteiger partial charge in [-0.25, -0.2) is 0 Å². The Kier molecular flexibility index (Phi) is 4.84. The molecule has 1 nitrogen and oxygen atoms in total. The number of rotatable bonds is 4. The van der Waals surface area contributed by atoms with Crippen molar-refractivity contribution in [2.45, 2.75) is 54.1 Å². The number of hydrogen-bond donors (Lipinski definition) is 1. The summed E-state index contributed by atoms with van der Waals surface area (Å²) in [4.78, 5) is 0. The van der Waals surface area contributed by atoms with Gasteiger partial charge < -0.3 is 5.32 Å². The van der Waals surface area contributed by atoms with Crippen LogP contribution in [0, 0.1) is 27.7 Å². The number of aryl methyl sites for hydroxylation is 4. The minimum absolute atomic E-state index is 0.520. The van der Waals surface area contributed by atoms with Crippen LogP contribution in [-0.2, 0) is 6.54 Å². The van der Waals surface area contributed by atoms with Crippen LogP contribution in [0.4, 0.5) is 0 Å². The van der Waals surface area contributed by atoms with Crippen LogP contribution in [-0.4, -0.2) is 6.04 Å². The van der Waals surface area contributed by atoms with Crippen molar-refractivity contribution in [2.75, 3.05) is 0 Å². The highest BCUT2D eigenvalue weighted by molar-refractivity contribution is 5.72. The predicted octanol–water partition coefficient (Wildman–Crippen LogP) is 5.09. The highest BCUT2D eigenvalue weighted by Gasteiger charge is 2.08. The van der Waals surface area contributed by atoms with Crippen LogP contribution in [0.25, 0.3) is 11.1 Å². The van der Waals surface area contributed by atoms with Gasteiger partial charge in [-0.3, -0.25) is 0 Å². The molecule has 0 aliphatic heterocycles. The lowest BCUT2D eigenvalue weighted by Crippen LogP contribution is -2.21. The topological polar surface area (TPSA) is 12.0 Å². The summed E-state index contributed by atoms with van der Waals surface area (Å²) in [6, 6.07) is 11.9. The monoisotopic (exact) mass is 281 g/mol. The molecule has 0 fully saturated rings. The Hall–Kier alpha value is -1.60. The molecule has 0 amide bonds. The molecule has 2 aromatic carbocycles. The molecule has 0 aromatic heterocycles. The predicted molar refractivity (Wildman–Crippen MR) is 92.8 cm³/mol. The summed E-state index contributed by atoms with van der Waals surface area (Å²) in [7, 11) is 0. The first kappa shape index (κ1) is 15.8. The summed E-state index contributed by atoms with van der Waals surface area (Å²) < 4.78 is 0. The molecule has 2 rings (SSSR count). The van der Waals surface area contributed by atoms with Gasteiger partial charge in [0, 0.05) is 12.6 Å². The zero-order chi connectivity index (χ0) is 15.6. The van der Waals surface area contributed by atoms with E-state index in [2.05, 4.69) is 77.2 Å². The molecule has 2 aromatic rings. The third-order valence-electron chi connectivity index (χ3n) is 4.14. The normalized spacial score (nSPS) is 11.2. The quantitative estimate of drug-likeness (QED) is 0.823. The van der Waals surface area contributed by atoms with E-state index in [0.717, 1.165) is 6.54 Å². The standard InChI is InChI=1S/C20H27N/c1-13(2)21-12-18-7-8-19(17(6)10-18)20-11-15(4)14(3)9-16(20)5/h7-11,13,21H,12H2,1-6H3. The van der Waals surface area contributed by atoms with Crippen LogP contribution >= 0.6 is 0 Å². The molecule has 21 heavy (non-hydrogen) atoms. The van der Waals surface area contributed by atoms with Gasteiger partial charge in [-0.1, -0.05) is 44.2 Å². The molecular weight excluding hydrogens is 254 g/mol. The molecule has 1 heteroatoms. The molecule has 0 unspecified atom stereocenters. The fraction of sp³-hybridized carbons (Fsp3) is 0.400. The second kappa shape index (κ2) is 6.44. The third kappa shape index (κ3) is 3.74. The fourth-order valence-corrected chi connectivity index (χ4v) is 2.71. The summed E-state index contributed by atoms with van der Waals surface area (Å²) in [5, 5.41) is 3.48. The lowest BCUT2D eigenvalue weighted by molar-refractivity contribution is 0.589. The summed E-state index contributed by atoms with van der Waals surface area (Å²) >= 11 is 0. The second-order valence-electron chi connectivity index (χ2n) is 6.44. The van der Waals surface area contributed by atoms with E-state index in [1.165, 1.54) is 38.9 Å². The van der Waals surface area contributed by atoms with Crippen molar-refractivity contribution in [1.82, 2.24) is 5.32 Å². The van der Waals surface area contributed by atoms with E-state index in [4.69, 9.17) is 0 Å². The van der Waals surface area contributed by atoms with Crippen LogP contribution in [0.1, 0.15) is 41.7 Å². The minimum Gasteiger partial charge on any atom is -0.310 e. The summed E-state index contributed by atoms with van der Waals surface area (Å²) in [5.41, 5.74) is 9.50. The highest BCUT2D eigenvalue weighted by atomic mass is 14.9. The van der Waals surface area contributed by atoms with Gasteiger partial charge in [0.25, 0.3) is 0 Å². The van der Waals surface area contributed by atoms with Crippen molar-refractivity contribution < 1.29 is 0 Å². The molecule has 0 aliphatic carbocycles. The maximum atomic E-state index is 3.48. The van der Waals surface area contributed by atoms with Crippen LogP contribution in [0.5, 0.6) is 0 Å². The van der Waals surface area contributed by atoms with E-state index in [0.29, 0.717) is 6.04 Å². The second-order valence-corrected chi connectivity index (χ2v) is 6.44. The van der Waals surface area contributed by atoms with Gasteiger partial charge in [-0.05, 0) is 66.6 Å². The van der Waals surface area contributed by atoms with E-state index >= 15 is 0 Å². The Morgan fingerprint density at radius 2 is 1.38 bits per heavy atom. The van der Waals surface area contributed by atoms with Gasteiger partial charge in [-0.2, -0.15) is 0 Å². The first-order valence-electron chi connectivity index (χ1n) is 7.79. The van der Waals surface area contributed by atoms with Gasteiger partial charge in [0.1, 0.15) is 0 Å². The highest BCUT2D eigenvalue weighted by Crippen LogP contribution is 2.29. The molecule has 0 atom stereocenters. The summed E-state index contributed by atoms with van der Waals surface area (Å²) in [6.45, 7) is 14.1. The van der Waals surface area contributed by atoms with Crippen LogP contribution < -0.4 is 5.32 Å². The summed E-state index contributed by atoms with van der Waals surface area (Å²) in [6.07, 6.45) is 0. The zero-order valence-electron chi connectivity index (χ0n) is 14.2. The fourth-order valence-electron chi connectivity index (χ4n) is 2.71. The van der Waals surface area contributed by atoms with E-state index in [1.807, 2.05) is 0 Å². The Balaban J connectivity index is 2.35. The van der Waals surface area contributed by atoms with Crippen molar-refractivity contribution in [3.05, 3.63) is 58.1 Å². The van der Waals surface area contributed by atoms with Gasteiger partial charge in [0.05, 0.1) is 0 Å². The lowest BCUT2D eigenvalue weighted by Gasteiger charge is -2.14. The summed E-state index contributed by atoms with van der Waals surface area (Å²) in [5.74, 6) is 0. The van der Waals surface area contributed by atoms with Crippen LogP contribution in [0.15, 0.2) is 30.3 Å². The maximum absolute atomic E-state index is 3.48. The van der Waals surface area contributed by atoms with Crippen molar-refractivity contribution in [3.8, 4) is 11.1 Å². The molecule has 1 N–H and O–H groups in total. The molecular formula is C20H27N. The van der Waals surface area contributed by atoms with Crippen LogP contribution in [0.3, 0.4) is 0 Å². The number of nitrogens with one attached hydrogen (secondary N) is 1. The number of benzene rings is 2. The minimum atomic E-state index is 0.520. The Morgan fingerprint density at radius 1 is 0.762 bits per heavy atom. The van der Waals surface area contributed by atoms with E-state index in [1.54, 1.807) is 0 Å². The smallest absolute Gasteiger partial charge is 0.0207 e. The average Bonchev–Trinajstić information content (AvgIpc) is 2.41. The number of hydrogen-bond acceptors (Lipinski definition) is 1. The molecule has 0 aliphatic rings. The van der Waals surface area contributed by atoms with Gasteiger partial charge in [-0.15, -0.1) is 0 Å². The van der Waals surface area contributed by atoms with Gasteiger partial charge >= 0.3 is 0 Å². The third-order valence-corrected chi connectivity index (χ3v) is 4.14. The van der Waals surface area contributed by atoms with Crippen LogP contribution in [0.2, 0.25) is 0 Å². The lowest BCUT2D eigenvalue weighted by atomic mass is 9.92. The van der Waals surface area contributed by atoms with Crippen molar-refractivity contribution in [1.29, 1.82) is 0 Å². The molecule has 0 spiro atoms. The molecule has 0 saturated heterocycles. The average molecular weight is 281 g/mol. The molecule has 0 saturated carbocycles. The Labute approximate surface area is 129 Å². The van der Waals surface area contributed by atoms with Gasteiger partial charge in [0.2, 0.25) is 0 Å². The Bertz CT molecular complexity index is 639. The SMILES string of the molecule is Cc1cc(C)c(-c2ccc(CNC(C)C)cc2C)cc1C. The zero-order valence-corrected chi connectivity index (χ0v) is 14.2. The van der Waals surface area contributed by atoms with E-state index < -0.39 is 0 Å². The van der Waals surface area contributed by atoms with Crippen molar-refractivity contribution in [3.63, 3.8) is 0 Å². The van der Waals surface area contributed by atoms with Gasteiger partial charge in [0.15, 0.2) is 0 Å². The molecule has 0 radical (unpaired) electrons.